The van der Waals surface area contributed by atoms with Gasteiger partial charge >= 0.3 is 0 Å². The van der Waals surface area contributed by atoms with Crippen LogP contribution in [0.25, 0.3) is 22.2 Å². The van der Waals surface area contributed by atoms with Gasteiger partial charge in [-0.05, 0) is 42.0 Å². The second-order valence-corrected chi connectivity index (χ2v) is 8.95. The summed E-state index contributed by atoms with van der Waals surface area (Å²) in [5, 5.41) is 17.4. The van der Waals surface area contributed by atoms with E-state index >= 15 is 4.39 Å². The first kappa shape index (κ1) is 25.4. The molecule has 0 N–H and O–H groups in total. The van der Waals surface area contributed by atoms with E-state index in [1.165, 1.54) is 18.5 Å². The van der Waals surface area contributed by atoms with E-state index in [0.29, 0.717) is 47.4 Å². The maximum Gasteiger partial charge on any atom is 0.233 e. The van der Waals surface area contributed by atoms with E-state index < -0.39 is 11.7 Å². The van der Waals surface area contributed by atoms with Crippen LogP contribution in [0.3, 0.4) is 0 Å². The average molecular weight is 533 g/mol. The Labute approximate surface area is 222 Å². The molecule has 2 aromatic carbocycles. The van der Waals surface area contributed by atoms with Crippen LogP contribution in [0.2, 0.25) is 5.02 Å². The summed E-state index contributed by atoms with van der Waals surface area (Å²) < 4.78 is 26.0. The SMILES string of the molecule is N#CCCOc1ccc(C(C=O)c2cc(-c3ncnc4cc(N5CCOCC5)ccc34)c(F)cc2Cl)nn1. The molecule has 0 bridgehead atoms. The molecular weight excluding hydrogens is 511 g/mol. The molecule has 9 nitrogen and oxygen atoms in total. The van der Waals surface area contributed by atoms with Gasteiger partial charge in [0, 0.05) is 40.8 Å². The quantitative estimate of drug-likeness (QED) is 0.241. The number of fused-ring (bicyclic) bond motifs is 1. The Morgan fingerprint density at radius 1 is 1.16 bits per heavy atom. The van der Waals surface area contributed by atoms with Crippen molar-refractivity contribution in [3.8, 4) is 23.2 Å². The third-order valence-corrected chi connectivity index (χ3v) is 6.58. The number of anilines is 1. The zero-order chi connectivity index (χ0) is 26.5. The van der Waals surface area contributed by atoms with Gasteiger partial charge in [0.15, 0.2) is 0 Å². The Balaban J connectivity index is 1.50. The highest BCUT2D eigenvalue weighted by Gasteiger charge is 2.23. The van der Waals surface area contributed by atoms with Crippen LogP contribution >= 0.6 is 11.6 Å². The van der Waals surface area contributed by atoms with Crippen LogP contribution in [0.5, 0.6) is 5.88 Å². The molecule has 1 unspecified atom stereocenters. The maximum atomic E-state index is 15.3. The van der Waals surface area contributed by atoms with E-state index in [4.69, 9.17) is 26.3 Å². The molecule has 2 aromatic heterocycles. The molecule has 192 valence electrons. The van der Waals surface area contributed by atoms with Crippen molar-refractivity contribution in [3.63, 3.8) is 0 Å². The van der Waals surface area contributed by atoms with Crippen LogP contribution in [0.4, 0.5) is 10.1 Å². The highest BCUT2D eigenvalue weighted by Crippen LogP contribution is 2.36. The fourth-order valence-corrected chi connectivity index (χ4v) is 4.61. The van der Waals surface area contributed by atoms with E-state index in [2.05, 4.69) is 25.1 Å². The highest BCUT2D eigenvalue weighted by atomic mass is 35.5. The van der Waals surface area contributed by atoms with Crippen LogP contribution in [-0.2, 0) is 9.53 Å². The van der Waals surface area contributed by atoms with Crippen molar-refractivity contribution in [1.29, 1.82) is 5.26 Å². The largest absolute Gasteiger partial charge is 0.476 e. The Kier molecular flexibility index (Phi) is 7.67. The first-order valence-corrected chi connectivity index (χ1v) is 12.3. The number of halogens is 2. The fourth-order valence-electron chi connectivity index (χ4n) is 4.34. The molecule has 0 spiro atoms. The lowest BCUT2D eigenvalue weighted by molar-refractivity contribution is -0.108. The summed E-state index contributed by atoms with van der Waals surface area (Å²) in [6.45, 7) is 3.05. The molecule has 0 radical (unpaired) electrons. The molecule has 0 amide bonds. The number of ether oxygens (including phenoxy) is 2. The van der Waals surface area contributed by atoms with Gasteiger partial charge in [-0.1, -0.05) is 11.6 Å². The number of carbonyl (C=O) groups excluding carboxylic acids is 1. The molecule has 11 heteroatoms. The Hall–Kier alpha value is -4.20. The number of aldehydes is 1. The average Bonchev–Trinajstić information content (AvgIpc) is 2.95. The van der Waals surface area contributed by atoms with Gasteiger partial charge in [0.25, 0.3) is 0 Å². The predicted molar refractivity (Wildman–Crippen MR) is 139 cm³/mol. The number of nitriles is 1. The van der Waals surface area contributed by atoms with Crippen LogP contribution in [0.15, 0.2) is 48.8 Å². The second kappa shape index (κ2) is 11.5. The lowest BCUT2D eigenvalue weighted by Crippen LogP contribution is -2.36. The van der Waals surface area contributed by atoms with Crippen molar-refractivity contribution in [2.24, 2.45) is 0 Å². The Morgan fingerprint density at radius 3 is 2.74 bits per heavy atom. The molecule has 38 heavy (non-hydrogen) atoms. The molecular formula is C27H22ClFN6O3. The Morgan fingerprint density at radius 2 is 2.00 bits per heavy atom. The van der Waals surface area contributed by atoms with Gasteiger partial charge in [0.05, 0.1) is 48.5 Å². The number of carbonyl (C=O) groups is 1. The zero-order valence-electron chi connectivity index (χ0n) is 20.2. The minimum atomic E-state index is -0.900. The molecule has 1 fully saturated rings. The fraction of sp³-hybridized carbons (Fsp3) is 0.259. The molecule has 3 heterocycles. The van der Waals surface area contributed by atoms with Crippen LogP contribution in [0.1, 0.15) is 23.6 Å². The monoisotopic (exact) mass is 532 g/mol. The third-order valence-electron chi connectivity index (χ3n) is 6.25. The zero-order valence-corrected chi connectivity index (χ0v) is 20.9. The number of benzene rings is 2. The summed E-state index contributed by atoms with van der Waals surface area (Å²) in [4.78, 5) is 23.1. The molecule has 5 rings (SSSR count). The number of hydrogen-bond donors (Lipinski definition) is 0. The van der Waals surface area contributed by atoms with Gasteiger partial charge in [-0.3, -0.25) is 0 Å². The van der Waals surface area contributed by atoms with Crippen LogP contribution < -0.4 is 9.64 Å². The lowest BCUT2D eigenvalue weighted by Gasteiger charge is -2.29. The summed E-state index contributed by atoms with van der Waals surface area (Å²) in [5.41, 5.74) is 2.92. The van der Waals surface area contributed by atoms with Crippen LogP contribution in [0, 0.1) is 17.1 Å². The number of morpholine rings is 1. The van der Waals surface area contributed by atoms with Crippen LogP contribution in [-0.4, -0.2) is 59.4 Å². The summed E-state index contributed by atoms with van der Waals surface area (Å²) in [7, 11) is 0. The molecule has 1 aliphatic rings. The topological polar surface area (TPSA) is 114 Å². The van der Waals surface area contributed by atoms with Crippen molar-refractivity contribution < 1.29 is 18.7 Å². The Bertz CT molecular complexity index is 1510. The molecule has 4 aromatic rings. The van der Waals surface area contributed by atoms with Gasteiger partial charge < -0.3 is 19.2 Å². The normalized spacial score (nSPS) is 14.2. The van der Waals surface area contributed by atoms with Crippen molar-refractivity contribution in [2.45, 2.75) is 12.3 Å². The van der Waals surface area contributed by atoms with Gasteiger partial charge in [-0.15, -0.1) is 5.10 Å². The summed E-state index contributed by atoms with van der Waals surface area (Å²) in [6, 6.07) is 13.6. The van der Waals surface area contributed by atoms with Gasteiger partial charge in [-0.2, -0.15) is 10.4 Å². The lowest BCUT2D eigenvalue weighted by atomic mass is 9.93. The van der Waals surface area contributed by atoms with Crippen molar-refractivity contribution in [1.82, 2.24) is 20.2 Å². The third kappa shape index (κ3) is 5.25. The number of nitrogens with zero attached hydrogens (tertiary/aromatic N) is 6. The van der Waals surface area contributed by atoms with E-state index in [1.54, 1.807) is 12.1 Å². The molecule has 0 saturated carbocycles. The second-order valence-electron chi connectivity index (χ2n) is 8.54. The van der Waals surface area contributed by atoms with Gasteiger partial charge in [0.2, 0.25) is 5.88 Å². The predicted octanol–water partition coefficient (Wildman–Crippen LogP) is 4.34. The van der Waals surface area contributed by atoms with Crippen molar-refractivity contribution >= 4 is 34.5 Å². The first-order valence-electron chi connectivity index (χ1n) is 11.9. The summed E-state index contributed by atoms with van der Waals surface area (Å²) in [5.74, 6) is -1.25. The standard InChI is InChI=1S/C27H22ClFN6O3/c28-22-14-23(29)20(13-19(22)21(15-36)24-4-5-26(34-33-24)38-9-1-6-30)27-18-3-2-17(12-25(18)31-16-32-27)35-7-10-37-11-8-35/h2-5,12-16,21H,1,7-11H2. The minimum absolute atomic E-state index is 0.0764. The molecule has 1 aliphatic heterocycles. The smallest absolute Gasteiger partial charge is 0.233 e. The van der Waals surface area contributed by atoms with Gasteiger partial charge in [-0.25, -0.2) is 14.4 Å². The van der Waals surface area contributed by atoms with E-state index in [-0.39, 0.29) is 29.5 Å². The van der Waals surface area contributed by atoms with Crippen molar-refractivity contribution in [3.05, 3.63) is 70.9 Å². The van der Waals surface area contributed by atoms with E-state index in [0.717, 1.165) is 18.8 Å². The molecule has 1 saturated heterocycles. The molecule has 1 atom stereocenters. The molecule has 0 aliphatic carbocycles. The van der Waals surface area contributed by atoms with Crippen molar-refractivity contribution in [2.75, 3.05) is 37.8 Å². The maximum absolute atomic E-state index is 15.3. The number of aromatic nitrogens is 4. The van der Waals surface area contributed by atoms with E-state index in [1.807, 2.05) is 24.3 Å². The highest BCUT2D eigenvalue weighted by molar-refractivity contribution is 6.31. The summed E-state index contributed by atoms with van der Waals surface area (Å²) in [6.07, 6.45) is 2.28. The minimum Gasteiger partial charge on any atom is -0.476 e. The summed E-state index contributed by atoms with van der Waals surface area (Å²) >= 11 is 6.40. The number of rotatable bonds is 8. The number of hydrogen-bond acceptors (Lipinski definition) is 9. The van der Waals surface area contributed by atoms with E-state index in [9.17, 15) is 4.79 Å². The van der Waals surface area contributed by atoms with Gasteiger partial charge in [0.1, 0.15) is 25.0 Å². The first-order chi connectivity index (χ1) is 18.6.